The molecule has 1 rings (SSSR count). The zero-order chi connectivity index (χ0) is 16.2. The van der Waals surface area contributed by atoms with Gasteiger partial charge in [0.25, 0.3) is 0 Å². The molecule has 0 aromatic heterocycles. The number of hydrogen-bond acceptors (Lipinski definition) is 4. The van der Waals surface area contributed by atoms with Crippen molar-refractivity contribution in [2.45, 2.75) is 65.2 Å². The Kier molecular flexibility index (Phi) is 9.12. The maximum absolute atomic E-state index is 11.7. The molecule has 4 nitrogen and oxygen atoms in total. The monoisotopic (exact) mass is 307 g/mol. The number of anilines is 1. The van der Waals surface area contributed by atoms with Crippen LogP contribution in [0.25, 0.3) is 0 Å². The Labute approximate surface area is 134 Å². The van der Waals surface area contributed by atoms with Crippen LogP contribution in [-0.4, -0.2) is 12.6 Å². The minimum atomic E-state index is -0.228. The number of nitrogen functional groups attached to an aromatic ring is 1. The van der Waals surface area contributed by atoms with Crippen LogP contribution in [0.5, 0.6) is 11.5 Å². The fourth-order valence-corrected chi connectivity index (χ4v) is 2.12. The molecule has 2 N–H and O–H groups in total. The van der Waals surface area contributed by atoms with E-state index in [1.165, 1.54) is 19.3 Å². The summed E-state index contributed by atoms with van der Waals surface area (Å²) in [5.41, 5.74) is 6.36. The van der Waals surface area contributed by atoms with Gasteiger partial charge in [0.15, 0.2) is 5.75 Å². The zero-order valence-electron chi connectivity index (χ0n) is 13.9. The average Bonchev–Trinajstić information content (AvgIpc) is 2.50. The Hall–Kier alpha value is -1.71. The number of rotatable bonds is 11. The molecule has 0 aliphatic carbocycles. The van der Waals surface area contributed by atoms with Crippen molar-refractivity contribution in [3.8, 4) is 11.5 Å². The molecule has 124 valence electrons. The summed E-state index contributed by atoms with van der Waals surface area (Å²) in [4.78, 5) is 11.7. The largest absolute Gasteiger partial charge is 0.494 e. The number of ether oxygens (including phenoxy) is 2. The van der Waals surface area contributed by atoms with Crippen LogP contribution in [-0.2, 0) is 4.79 Å². The van der Waals surface area contributed by atoms with Gasteiger partial charge in [-0.05, 0) is 25.0 Å². The predicted octanol–water partition coefficient (Wildman–Crippen LogP) is 4.71. The van der Waals surface area contributed by atoms with Crippen molar-refractivity contribution < 1.29 is 14.3 Å². The van der Waals surface area contributed by atoms with Crippen molar-refractivity contribution in [2.24, 2.45) is 0 Å². The van der Waals surface area contributed by atoms with Crippen molar-refractivity contribution in [2.75, 3.05) is 12.3 Å². The highest BCUT2D eigenvalue weighted by atomic mass is 16.5. The quantitative estimate of drug-likeness (QED) is 0.278. The Morgan fingerprint density at radius 3 is 2.45 bits per heavy atom. The van der Waals surface area contributed by atoms with Gasteiger partial charge in [0, 0.05) is 12.5 Å². The van der Waals surface area contributed by atoms with Crippen LogP contribution in [0.15, 0.2) is 18.2 Å². The zero-order valence-corrected chi connectivity index (χ0v) is 13.9. The van der Waals surface area contributed by atoms with Gasteiger partial charge >= 0.3 is 5.97 Å². The van der Waals surface area contributed by atoms with E-state index in [4.69, 9.17) is 15.2 Å². The lowest BCUT2D eigenvalue weighted by atomic mass is 10.2. The standard InChI is InChI=1S/C18H29NO3/c1-3-5-7-9-13-21-15-11-12-17(16(19)14-15)22-18(20)10-8-6-4-2/h11-12,14H,3-10,13,19H2,1-2H3. The highest BCUT2D eigenvalue weighted by Crippen LogP contribution is 2.27. The summed E-state index contributed by atoms with van der Waals surface area (Å²) in [6.07, 6.45) is 8.08. The second-order valence-corrected chi connectivity index (χ2v) is 5.54. The van der Waals surface area contributed by atoms with Gasteiger partial charge in [-0.2, -0.15) is 0 Å². The van der Waals surface area contributed by atoms with Crippen molar-refractivity contribution in [1.82, 2.24) is 0 Å². The molecular formula is C18H29NO3. The van der Waals surface area contributed by atoms with Crippen molar-refractivity contribution in [3.63, 3.8) is 0 Å². The highest BCUT2D eigenvalue weighted by molar-refractivity contribution is 5.74. The number of benzene rings is 1. The Balaban J connectivity index is 2.39. The molecule has 0 atom stereocenters. The second kappa shape index (κ2) is 10.9. The molecule has 0 unspecified atom stereocenters. The topological polar surface area (TPSA) is 61.5 Å². The molecule has 22 heavy (non-hydrogen) atoms. The van der Waals surface area contributed by atoms with Gasteiger partial charge in [-0.25, -0.2) is 0 Å². The summed E-state index contributed by atoms with van der Waals surface area (Å²) in [7, 11) is 0. The number of esters is 1. The summed E-state index contributed by atoms with van der Waals surface area (Å²) >= 11 is 0. The molecule has 0 fully saturated rings. The average molecular weight is 307 g/mol. The van der Waals surface area contributed by atoms with E-state index in [9.17, 15) is 4.79 Å². The lowest BCUT2D eigenvalue weighted by Crippen LogP contribution is -2.09. The smallest absolute Gasteiger partial charge is 0.311 e. The first-order valence-electron chi connectivity index (χ1n) is 8.40. The summed E-state index contributed by atoms with van der Waals surface area (Å²) in [6.45, 7) is 4.98. The van der Waals surface area contributed by atoms with Crippen molar-refractivity contribution in [3.05, 3.63) is 18.2 Å². The minimum absolute atomic E-state index is 0.228. The normalized spacial score (nSPS) is 10.5. The van der Waals surface area contributed by atoms with Crippen LogP contribution >= 0.6 is 0 Å². The highest BCUT2D eigenvalue weighted by Gasteiger charge is 2.08. The van der Waals surface area contributed by atoms with Crippen LogP contribution in [0.4, 0.5) is 5.69 Å². The van der Waals surface area contributed by atoms with Crippen molar-refractivity contribution >= 4 is 11.7 Å². The maximum atomic E-state index is 11.7. The fourth-order valence-electron chi connectivity index (χ4n) is 2.12. The lowest BCUT2D eigenvalue weighted by Gasteiger charge is -2.10. The van der Waals surface area contributed by atoms with Crippen LogP contribution in [0.1, 0.15) is 65.2 Å². The van der Waals surface area contributed by atoms with Gasteiger partial charge in [0.1, 0.15) is 5.75 Å². The summed E-state index contributed by atoms with van der Waals surface area (Å²) < 4.78 is 10.9. The third kappa shape index (κ3) is 7.34. The third-order valence-corrected chi connectivity index (χ3v) is 3.46. The molecule has 0 saturated carbocycles. The van der Waals surface area contributed by atoms with Gasteiger partial charge < -0.3 is 15.2 Å². The number of unbranched alkanes of at least 4 members (excludes halogenated alkanes) is 5. The molecule has 0 heterocycles. The molecule has 0 aliphatic rings. The van der Waals surface area contributed by atoms with Crippen LogP contribution in [0.2, 0.25) is 0 Å². The number of hydrogen-bond donors (Lipinski definition) is 1. The Morgan fingerprint density at radius 2 is 1.77 bits per heavy atom. The van der Waals surface area contributed by atoms with E-state index in [1.807, 2.05) is 0 Å². The molecular weight excluding hydrogens is 278 g/mol. The van der Waals surface area contributed by atoms with Gasteiger partial charge in [-0.1, -0.05) is 46.0 Å². The molecule has 0 radical (unpaired) electrons. The summed E-state index contributed by atoms with van der Waals surface area (Å²) in [5.74, 6) is 0.910. The molecule has 0 aliphatic heterocycles. The molecule has 0 bridgehead atoms. The number of carbonyl (C=O) groups is 1. The van der Waals surface area contributed by atoms with E-state index in [-0.39, 0.29) is 5.97 Å². The molecule has 4 heteroatoms. The molecule has 1 aromatic rings. The van der Waals surface area contributed by atoms with Crippen LogP contribution < -0.4 is 15.2 Å². The molecule has 0 saturated heterocycles. The van der Waals surface area contributed by atoms with E-state index >= 15 is 0 Å². The van der Waals surface area contributed by atoms with E-state index in [1.54, 1.807) is 18.2 Å². The van der Waals surface area contributed by atoms with Gasteiger partial charge in [-0.3, -0.25) is 4.79 Å². The van der Waals surface area contributed by atoms with E-state index in [2.05, 4.69) is 13.8 Å². The molecule has 0 amide bonds. The van der Waals surface area contributed by atoms with Gasteiger partial charge in [0.2, 0.25) is 0 Å². The maximum Gasteiger partial charge on any atom is 0.311 e. The third-order valence-electron chi connectivity index (χ3n) is 3.46. The fraction of sp³-hybridized carbons (Fsp3) is 0.611. The van der Waals surface area contributed by atoms with E-state index < -0.39 is 0 Å². The first-order valence-corrected chi connectivity index (χ1v) is 8.40. The second-order valence-electron chi connectivity index (χ2n) is 5.54. The summed E-state index contributed by atoms with van der Waals surface area (Å²) in [6, 6.07) is 5.22. The predicted molar refractivity (Wildman–Crippen MR) is 90.3 cm³/mol. The first-order chi connectivity index (χ1) is 10.7. The lowest BCUT2D eigenvalue weighted by molar-refractivity contribution is -0.134. The summed E-state index contributed by atoms with van der Waals surface area (Å²) in [5, 5.41) is 0. The molecule has 1 aromatic carbocycles. The minimum Gasteiger partial charge on any atom is -0.494 e. The Morgan fingerprint density at radius 1 is 1.05 bits per heavy atom. The number of carbonyl (C=O) groups excluding carboxylic acids is 1. The van der Waals surface area contributed by atoms with Gasteiger partial charge in [-0.15, -0.1) is 0 Å². The molecule has 0 spiro atoms. The van der Waals surface area contributed by atoms with Gasteiger partial charge in [0.05, 0.1) is 12.3 Å². The Bertz CT molecular complexity index is 446. The number of nitrogens with two attached hydrogens (primary N) is 1. The van der Waals surface area contributed by atoms with Crippen molar-refractivity contribution in [1.29, 1.82) is 0 Å². The van der Waals surface area contributed by atoms with E-state index in [0.29, 0.717) is 24.5 Å². The van der Waals surface area contributed by atoms with Crippen LogP contribution in [0.3, 0.4) is 0 Å². The SMILES string of the molecule is CCCCCCOc1ccc(OC(=O)CCCCC)c(N)c1. The van der Waals surface area contributed by atoms with E-state index in [0.717, 1.165) is 31.4 Å². The first kappa shape index (κ1) is 18.3. The van der Waals surface area contributed by atoms with Crippen LogP contribution in [0, 0.1) is 0 Å².